The summed E-state index contributed by atoms with van der Waals surface area (Å²) in [6, 6.07) is 0. The van der Waals surface area contributed by atoms with Gasteiger partial charge in [0.1, 0.15) is 18.0 Å². The van der Waals surface area contributed by atoms with Gasteiger partial charge in [0.2, 0.25) is 0 Å². The van der Waals surface area contributed by atoms with Gasteiger partial charge in [-0.1, -0.05) is 34.1 Å². The third-order valence-corrected chi connectivity index (χ3v) is 3.18. The van der Waals surface area contributed by atoms with Gasteiger partial charge in [-0.25, -0.2) is 9.97 Å². The molecule has 0 radical (unpaired) electrons. The minimum absolute atomic E-state index is 0.370. The molecule has 1 aromatic heterocycles. The lowest BCUT2D eigenvalue weighted by Gasteiger charge is -2.17. The molecule has 5 nitrogen and oxygen atoms in total. The zero-order chi connectivity index (χ0) is 15.5. The smallest absolute Gasteiger partial charge is 0.135 e. The van der Waals surface area contributed by atoms with E-state index in [0.717, 1.165) is 49.7 Å². The van der Waals surface area contributed by atoms with Gasteiger partial charge in [-0.3, -0.25) is 0 Å². The molecule has 1 aromatic rings. The highest BCUT2D eigenvalue weighted by Gasteiger charge is 2.14. The molecule has 120 valence electrons. The largest absolute Gasteiger partial charge is 0.380 e. The number of aromatic nitrogens is 2. The Bertz CT molecular complexity index is 396. The molecule has 0 fully saturated rings. The van der Waals surface area contributed by atoms with Crippen molar-refractivity contribution >= 4 is 11.6 Å². The molecule has 0 spiro atoms. The highest BCUT2D eigenvalue weighted by atomic mass is 16.5. The predicted octanol–water partition coefficient (Wildman–Crippen LogP) is 3.65. The molecule has 21 heavy (non-hydrogen) atoms. The molecule has 0 aliphatic rings. The van der Waals surface area contributed by atoms with E-state index < -0.39 is 0 Å². The highest BCUT2D eigenvalue weighted by molar-refractivity contribution is 5.58. The van der Waals surface area contributed by atoms with Crippen LogP contribution in [0.3, 0.4) is 0 Å². The van der Waals surface area contributed by atoms with Crippen molar-refractivity contribution in [1.82, 2.24) is 9.97 Å². The summed E-state index contributed by atoms with van der Waals surface area (Å²) in [5, 5.41) is 6.75. The SMILES string of the molecule is CCCCOCCNc1ncnc(NCCC)c1C(C)C. The summed E-state index contributed by atoms with van der Waals surface area (Å²) in [7, 11) is 0. The molecule has 2 N–H and O–H groups in total. The lowest BCUT2D eigenvalue weighted by Crippen LogP contribution is -2.15. The first-order valence-electron chi connectivity index (χ1n) is 8.11. The van der Waals surface area contributed by atoms with Gasteiger partial charge in [0.15, 0.2) is 0 Å². The number of hydrogen-bond donors (Lipinski definition) is 2. The standard InChI is InChI=1S/C16H30N4O/c1-5-7-10-21-11-9-18-16-14(13(3)4)15(17-8-6-2)19-12-20-16/h12-13H,5-11H2,1-4H3,(H2,17,18,19,20). The summed E-state index contributed by atoms with van der Waals surface area (Å²) in [5.74, 6) is 2.23. The Morgan fingerprint density at radius 2 is 1.67 bits per heavy atom. The van der Waals surface area contributed by atoms with E-state index in [0.29, 0.717) is 12.5 Å². The lowest BCUT2D eigenvalue weighted by atomic mass is 10.0. The van der Waals surface area contributed by atoms with Gasteiger partial charge in [0, 0.05) is 25.3 Å². The van der Waals surface area contributed by atoms with Crippen LogP contribution in [-0.2, 0) is 4.74 Å². The van der Waals surface area contributed by atoms with Crippen LogP contribution >= 0.6 is 0 Å². The van der Waals surface area contributed by atoms with Gasteiger partial charge in [0.25, 0.3) is 0 Å². The zero-order valence-corrected chi connectivity index (χ0v) is 13.9. The van der Waals surface area contributed by atoms with Crippen molar-refractivity contribution in [2.45, 2.75) is 52.9 Å². The van der Waals surface area contributed by atoms with Gasteiger partial charge in [0.05, 0.1) is 6.61 Å². The number of ether oxygens (including phenoxy) is 1. The number of nitrogens with one attached hydrogen (secondary N) is 2. The Morgan fingerprint density at radius 1 is 1.00 bits per heavy atom. The zero-order valence-electron chi connectivity index (χ0n) is 13.9. The van der Waals surface area contributed by atoms with E-state index in [-0.39, 0.29) is 0 Å². The van der Waals surface area contributed by atoms with E-state index >= 15 is 0 Å². The van der Waals surface area contributed by atoms with Crippen LogP contribution in [0.2, 0.25) is 0 Å². The Balaban J connectivity index is 2.59. The van der Waals surface area contributed by atoms with Crippen molar-refractivity contribution in [1.29, 1.82) is 0 Å². The Kier molecular flexibility index (Phi) is 8.74. The third-order valence-electron chi connectivity index (χ3n) is 3.18. The van der Waals surface area contributed by atoms with E-state index in [1.165, 1.54) is 6.42 Å². The normalized spacial score (nSPS) is 10.9. The van der Waals surface area contributed by atoms with E-state index in [9.17, 15) is 0 Å². The second kappa shape index (κ2) is 10.4. The van der Waals surface area contributed by atoms with E-state index in [2.05, 4.69) is 48.3 Å². The van der Waals surface area contributed by atoms with Crippen molar-refractivity contribution in [3.05, 3.63) is 11.9 Å². The van der Waals surface area contributed by atoms with Crippen LogP contribution in [0.25, 0.3) is 0 Å². The van der Waals surface area contributed by atoms with E-state index in [4.69, 9.17) is 4.74 Å². The molecule has 1 rings (SSSR count). The molecule has 0 aromatic carbocycles. The van der Waals surface area contributed by atoms with Crippen molar-refractivity contribution < 1.29 is 4.74 Å². The fourth-order valence-electron chi connectivity index (χ4n) is 2.06. The van der Waals surface area contributed by atoms with Crippen LogP contribution < -0.4 is 10.6 Å². The van der Waals surface area contributed by atoms with Crippen LogP contribution in [0.1, 0.15) is 58.4 Å². The Labute approximate surface area is 128 Å². The summed E-state index contributed by atoms with van der Waals surface area (Å²) in [6.07, 6.45) is 4.98. The molecule has 0 aliphatic heterocycles. The summed E-state index contributed by atoms with van der Waals surface area (Å²) in [6.45, 7) is 11.9. The molecular formula is C16H30N4O. The van der Waals surface area contributed by atoms with Crippen LogP contribution in [0, 0.1) is 0 Å². The molecular weight excluding hydrogens is 264 g/mol. The molecule has 0 saturated heterocycles. The van der Waals surface area contributed by atoms with E-state index in [1.807, 2.05) is 0 Å². The molecule has 0 atom stereocenters. The second-order valence-electron chi connectivity index (χ2n) is 5.46. The summed E-state index contributed by atoms with van der Waals surface area (Å²) in [4.78, 5) is 8.76. The van der Waals surface area contributed by atoms with Crippen molar-refractivity contribution in [3.8, 4) is 0 Å². The maximum atomic E-state index is 5.57. The lowest BCUT2D eigenvalue weighted by molar-refractivity contribution is 0.141. The molecule has 0 aliphatic carbocycles. The molecule has 0 unspecified atom stereocenters. The fraction of sp³-hybridized carbons (Fsp3) is 0.750. The fourth-order valence-corrected chi connectivity index (χ4v) is 2.06. The Hall–Kier alpha value is -1.36. The minimum atomic E-state index is 0.370. The van der Waals surface area contributed by atoms with Gasteiger partial charge in [-0.2, -0.15) is 0 Å². The van der Waals surface area contributed by atoms with Crippen molar-refractivity contribution in [3.63, 3.8) is 0 Å². The van der Waals surface area contributed by atoms with Crippen LogP contribution in [0.5, 0.6) is 0 Å². The average Bonchev–Trinajstić information content (AvgIpc) is 2.48. The van der Waals surface area contributed by atoms with Gasteiger partial charge in [-0.15, -0.1) is 0 Å². The number of hydrogen-bond acceptors (Lipinski definition) is 5. The number of rotatable bonds is 11. The first-order valence-corrected chi connectivity index (χ1v) is 8.11. The second-order valence-corrected chi connectivity index (χ2v) is 5.46. The van der Waals surface area contributed by atoms with Gasteiger partial charge >= 0.3 is 0 Å². The number of unbranched alkanes of at least 4 members (excludes halogenated alkanes) is 1. The maximum absolute atomic E-state index is 5.57. The first kappa shape index (κ1) is 17.7. The quantitative estimate of drug-likeness (QED) is 0.610. The molecule has 1 heterocycles. The minimum Gasteiger partial charge on any atom is -0.380 e. The van der Waals surface area contributed by atoms with Crippen LogP contribution in [0.4, 0.5) is 11.6 Å². The monoisotopic (exact) mass is 294 g/mol. The van der Waals surface area contributed by atoms with Crippen molar-refractivity contribution in [2.24, 2.45) is 0 Å². The van der Waals surface area contributed by atoms with Crippen LogP contribution in [0.15, 0.2) is 6.33 Å². The third kappa shape index (κ3) is 6.29. The predicted molar refractivity (Wildman–Crippen MR) is 89.1 cm³/mol. The summed E-state index contributed by atoms with van der Waals surface area (Å²) >= 11 is 0. The average molecular weight is 294 g/mol. The highest BCUT2D eigenvalue weighted by Crippen LogP contribution is 2.28. The maximum Gasteiger partial charge on any atom is 0.135 e. The summed E-state index contributed by atoms with van der Waals surface area (Å²) in [5.41, 5.74) is 1.15. The van der Waals surface area contributed by atoms with Crippen molar-refractivity contribution in [2.75, 3.05) is 36.9 Å². The number of nitrogens with zero attached hydrogens (tertiary/aromatic N) is 2. The first-order chi connectivity index (χ1) is 10.2. The molecule has 5 heteroatoms. The topological polar surface area (TPSA) is 59.1 Å². The van der Waals surface area contributed by atoms with Crippen LogP contribution in [-0.4, -0.2) is 36.3 Å². The molecule has 0 saturated carbocycles. The van der Waals surface area contributed by atoms with E-state index in [1.54, 1.807) is 6.33 Å². The molecule has 0 amide bonds. The number of anilines is 2. The summed E-state index contributed by atoms with van der Waals surface area (Å²) < 4.78 is 5.57. The Morgan fingerprint density at radius 3 is 2.24 bits per heavy atom. The molecule has 0 bridgehead atoms. The van der Waals surface area contributed by atoms with Gasteiger partial charge < -0.3 is 15.4 Å². The van der Waals surface area contributed by atoms with Gasteiger partial charge in [-0.05, 0) is 18.8 Å².